The molecule has 23 heavy (non-hydrogen) atoms. The maximum Gasteiger partial charge on any atom is 0.320 e. The van der Waals surface area contributed by atoms with E-state index < -0.39 is 0 Å². The Kier molecular flexibility index (Phi) is 6.19. The van der Waals surface area contributed by atoms with E-state index in [0.29, 0.717) is 24.8 Å². The highest BCUT2D eigenvalue weighted by Gasteiger charge is 2.17. The highest BCUT2D eigenvalue weighted by Crippen LogP contribution is 2.22. The van der Waals surface area contributed by atoms with E-state index in [0.717, 1.165) is 16.8 Å². The largest absolute Gasteiger partial charge is 0.465 e. The van der Waals surface area contributed by atoms with E-state index in [9.17, 15) is 4.79 Å². The van der Waals surface area contributed by atoms with Crippen LogP contribution in [0.2, 0.25) is 5.15 Å². The standard InChI is InChI=1S/C17H22ClN3O2/c1-4-23-16(22)12-20(3)11-15-13(2)19-21(17(15)18)10-14-8-6-5-7-9-14/h5-9H,4,10-12H2,1-3H3. The normalized spacial score (nSPS) is 11.0. The van der Waals surface area contributed by atoms with Crippen molar-refractivity contribution in [2.75, 3.05) is 20.2 Å². The van der Waals surface area contributed by atoms with Gasteiger partial charge in [0, 0.05) is 12.1 Å². The lowest BCUT2D eigenvalue weighted by Gasteiger charge is -2.15. The van der Waals surface area contributed by atoms with Gasteiger partial charge in [-0.1, -0.05) is 41.9 Å². The van der Waals surface area contributed by atoms with E-state index in [1.54, 1.807) is 11.6 Å². The summed E-state index contributed by atoms with van der Waals surface area (Å²) < 4.78 is 6.75. The molecule has 5 nitrogen and oxygen atoms in total. The summed E-state index contributed by atoms with van der Waals surface area (Å²) in [5.41, 5.74) is 2.96. The topological polar surface area (TPSA) is 47.4 Å². The third-order valence-corrected chi connectivity index (χ3v) is 3.91. The van der Waals surface area contributed by atoms with Crippen LogP contribution in [-0.2, 0) is 22.6 Å². The lowest BCUT2D eigenvalue weighted by atomic mass is 10.2. The zero-order chi connectivity index (χ0) is 16.8. The van der Waals surface area contributed by atoms with Crippen molar-refractivity contribution in [1.82, 2.24) is 14.7 Å². The maximum atomic E-state index is 11.5. The number of ether oxygens (including phenoxy) is 1. The SMILES string of the molecule is CCOC(=O)CN(C)Cc1c(C)nn(Cc2ccccc2)c1Cl. The molecule has 1 heterocycles. The molecule has 2 aromatic rings. The second kappa shape index (κ2) is 8.13. The molecular weight excluding hydrogens is 314 g/mol. The maximum absolute atomic E-state index is 11.5. The molecule has 0 saturated heterocycles. The van der Waals surface area contributed by atoms with Crippen LogP contribution in [-0.4, -0.2) is 40.8 Å². The van der Waals surface area contributed by atoms with Gasteiger partial charge in [0.2, 0.25) is 0 Å². The molecule has 0 spiro atoms. The number of hydrogen-bond acceptors (Lipinski definition) is 4. The van der Waals surface area contributed by atoms with E-state index in [4.69, 9.17) is 16.3 Å². The van der Waals surface area contributed by atoms with E-state index in [2.05, 4.69) is 5.10 Å². The van der Waals surface area contributed by atoms with Gasteiger partial charge < -0.3 is 4.74 Å². The van der Waals surface area contributed by atoms with Gasteiger partial charge in [-0.3, -0.25) is 9.69 Å². The number of benzene rings is 1. The van der Waals surface area contributed by atoms with Gasteiger partial charge in [-0.05, 0) is 26.5 Å². The second-order valence-electron chi connectivity index (χ2n) is 5.48. The molecule has 0 aliphatic rings. The van der Waals surface area contributed by atoms with Crippen LogP contribution < -0.4 is 0 Å². The fourth-order valence-corrected chi connectivity index (χ4v) is 2.68. The number of aromatic nitrogens is 2. The average molecular weight is 336 g/mol. The van der Waals surface area contributed by atoms with E-state index >= 15 is 0 Å². The second-order valence-corrected chi connectivity index (χ2v) is 5.83. The molecule has 0 unspecified atom stereocenters. The molecule has 124 valence electrons. The molecule has 1 aromatic heterocycles. The van der Waals surface area contributed by atoms with Crippen LogP contribution >= 0.6 is 11.6 Å². The molecule has 0 bridgehead atoms. The molecule has 0 atom stereocenters. The number of halogens is 1. The Morgan fingerprint density at radius 1 is 1.35 bits per heavy atom. The van der Waals surface area contributed by atoms with Gasteiger partial charge in [0.25, 0.3) is 0 Å². The van der Waals surface area contributed by atoms with Crippen molar-refractivity contribution in [3.63, 3.8) is 0 Å². The molecule has 0 fully saturated rings. The predicted molar refractivity (Wildman–Crippen MR) is 90.5 cm³/mol. The minimum atomic E-state index is -0.236. The molecule has 0 aliphatic carbocycles. The summed E-state index contributed by atoms with van der Waals surface area (Å²) in [6, 6.07) is 10.1. The van der Waals surface area contributed by atoms with Crippen LogP contribution in [0.3, 0.4) is 0 Å². The Hall–Kier alpha value is -1.85. The number of esters is 1. The number of aryl methyl sites for hydroxylation is 1. The quantitative estimate of drug-likeness (QED) is 0.730. The fraction of sp³-hybridized carbons (Fsp3) is 0.412. The van der Waals surface area contributed by atoms with Gasteiger partial charge in [-0.15, -0.1) is 0 Å². The molecule has 0 saturated carbocycles. The van der Waals surface area contributed by atoms with Crippen LogP contribution in [0.25, 0.3) is 0 Å². The Labute approximate surface area is 141 Å². The lowest BCUT2D eigenvalue weighted by Crippen LogP contribution is -2.27. The third kappa shape index (κ3) is 4.81. The summed E-state index contributed by atoms with van der Waals surface area (Å²) in [5, 5.41) is 5.13. The third-order valence-electron chi connectivity index (χ3n) is 3.49. The zero-order valence-electron chi connectivity index (χ0n) is 13.8. The van der Waals surface area contributed by atoms with Crippen molar-refractivity contribution >= 4 is 17.6 Å². The van der Waals surface area contributed by atoms with Crippen molar-refractivity contribution in [2.24, 2.45) is 0 Å². The van der Waals surface area contributed by atoms with Crippen LogP contribution in [0.15, 0.2) is 30.3 Å². The van der Waals surface area contributed by atoms with Gasteiger partial charge in [-0.2, -0.15) is 5.10 Å². The molecule has 0 amide bonds. The molecule has 2 rings (SSSR count). The van der Waals surface area contributed by atoms with Crippen LogP contribution in [0.4, 0.5) is 0 Å². The van der Waals surface area contributed by atoms with E-state index in [1.807, 2.05) is 49.2 Å². The Balaban J connectivity index is 2.07. The molecule has 0 radical (unpaired) electrons. The van der Waals surface area contributed by atoms with Crippen molar-refractivity contribution in [1.29, 1.82) is 0 Å². The van der Waals surface area contributed by atoms with Gasteiger partial charge in [-0.25, -0.2) is 4.68 Å². The molecule has 6 heteroatoms. The molecule has 0 aliphatic heterocycles. The summed E-state index contributed by atoms with van der Waals surface area (Å²) in [6.45, 7) is 5.53. The Morgan fingerprint density at radius 2 is 2.04 bits per heavy atom. The van der Waals surface area contributed by atoms with Crippen molar-refractivity contribution in [3.05, 3.63) is 52.3 Å². The van der Waals surface area contributed by atoms with Crippen molar-refractivity contribution in [3.8, 4) is 0 Å². The Morgan fingerprint density at radius 3 is 2.70 bits per heavy atom. The van der Waals surface area contributed by atoms with Crippen molar-refractivity contribution in [2.45, 2.75) is 26.9 Å². The number of likely N-dealkylation sites (N-methyl/N-ethyl adjacent to an activating group) is 1. The first-order valence-corrected chi connectivity index (χ1v) is 7.99. The molecule has 1 aromatic carbocycles. The number of hydrogen-bond donors (Lipinski definition) is 0. The first-order valence-electron chi connectivity index (χ1n) is 7.61. The summed E-state index contributed by atoms with van der Waals surface area (Å²) in [5.74, 6) is -0.236. The smallest absolute Gasteiger partial charge is 0.320 e. The monoisotopic (exact) mass is 335 g/mol. The fourth-order valence-electron chi connectivity index (χ4n) is 2.38. The number of carbonyl (C=O) groups is 1. The molecular formula is C17H22ClN3O2. The highest BCUT2D eigenvalue weighted by atomic mass is 35.5. The van der Waals surface area contributed by atoms with Gasteiger partial charge in [0.1, 0.15) is 5.15 Å². The highest BCUT2D eigenvalue weighted by molar-refractivity contribution is 6.30. The van der Waals surface area contributed by atoms with E-state index in [1.165, 1.54) is 0 Å². The molecule has 0 N–H and O–H groups in total. The Bertz CT molecular complexity index is 655. The number of carbonyl (C=O) groups excluding carboxylic acids is 1. The van der Waals surface area contributed by atoms with Gasteiger partial charge >= 0.3 is 5.97 Å². The van der Waals surface area contributed by atoms with Crippen LogP contribution in [0.1, 0.15) is 23.7 Å². The first-order chi connectivity index (χ1) is 11.0. The van der Waals surface area contributed by atoms with Crippen LogP contribution in [0.5, 0.6) is 0 Å². The van der Waals surface area contributed by atoms with Gasteiger partial charge in [0.05, 0.1) is 25.4 Å². The predicted octanol–water partition coefficient (Wildman–Crippen LogP) is 2.89. The number of rotatable bonds is 7. The summed E-state index contributed by atoms with van der Waals surface area (Å²) in [6.07, 6.45) is 0. The van der Waals surface area contributed by atoms with Gasteiger partial charge in [0.15, 0.2) is 0 Å². The average Bonchev–Trinajstić information content (AvgIpc) is 2.76. The number of nitrogens with zero attached hydrogens (tertiary/aromatic N) is 3. The lowest BCUT2D eigenvalue weighted by molar-refractivity contribution is -0.144. The minimum absolute atomic E-state index is 0.230. The van der Waals surface area contributed by atoms with Crippen molar-refractivity contribution < 1.29 is 9.53 Å². The zero-order valence-corrected chi connectivity index (χ0v) is 14.5. The summed E-state index contributed by atoms with van der Waals surface area (Å²) in [4.78, 5) is 13.4. The summed E-state index contributed by atoms with van der Waals surface area (Å²) >= 11 is 6.48. The minimum Gasteiger partial charge on any atom is -0.465 e. The summed E-state index contributed by atoms with van der Waals surface area (Å²) in [7, 11) is 1.86. The van der Waals surface area contributed by atoms with Crippen LogP contribution in [0, 0.1) is 6.92 Å². The first kappa shape index (κ1) is 17.5. The van der Waals surface area contributed by atoms with E-state index in [-0.39, 0.29) is 12.5 Å².